The number of benzene rings is 2. The molecule has 1 heterocycles. The summed E-state index contributed by atoms with van der Waals surface area (Å²) in [5.74, 6) is 0.981. The largest absolute Gasteiger partial charge is 0.490 e. The van der Waals surface area contributed by atoms with Crippen molar-refractivity contribution < 1.29 is 14.3 Å². The maximum absolute atomic E-state index is 12.8. The molecule has 1 aliphatic carbocycles. The highest BCUT2D eigenvalue weighted by Gasteiger charge is 2.27. The summed E-state index contributed by atoms with van der Waals surface area (Å²) in [5.41, 5.74) is 1.96. The summed E-state index contributed by atoms with van der Waals surface area (Å²) in [6.45, 7) is 1.30. The number of hydrogen-bond acceptors (Lipinski definition) is 3. The van der Waals surface area contributed by atoms with Crippen LogP contribution in [-0.2, 0) is 16.0 Å². The van der Waals surface area contributed by atoms with Crippen molar-refractivity contribution in [3.63, 3.8) is 0 Å². The van der Waals surface area contributed by atoms with Crippen LogP contribution >= 0.6 is 0 Å². The van der Waals surface area contributed by atoms with Crippen molar-refractivity contribution in [1.82, 2.24) is 4.90 Å². The Bertz CT molecular complexity index is 869. The maximum atomic E-state index is 12.8. The van der Waals surface area contributed by atoms with Crippen LogP contribution in [0.3, 0.4) is 0 Å². The zero-order valence-electron chi connectivity index (χ0n) is 18.1. The van der Waals surface area contributed by atoms with Gasteiger partial charge in [-0.25, -0.2) is 0 Å². The van der Waals surface area contributed by atoms with Gasteiger partial charge in [0.1, 0.15) is 5.75 Å². The molecule has 5 nitrogen and oxygen atoms in total. The Morgan fingerprint density at radius 3 is 2.42 bits per heavy atom. The minimum atomic E-state index is -0.0578. The first-order valence-corrected chi connectivity index (χ1v) is 11.6. The number of nitrogens with zero attached hydrogens (tertiary/aromatic N) is 1. The third kappa shape index (κ3) is 6.09. The molecule has 164 valence electrons. The number of piperidine rings is 1. The molecule has 2 amide bonds. The number of carbonyl (C=O) groups is 2. The first-order valence-electron chi connectivity index (χ1n) is 11.6. The molecule has 1 aliphatic heterocycles. The van der Waals surface area contributed by atoms with E-state index < -0.39 is 0 Å². The SMILES string of the molecule is O=C(Nc1cccc(OC2CCCC2)c1)C1CCN(C(=O)CCc2ccccc2)CC1. The van der Waals surface area contributed by atoms with E-state index in [1.54, 1.807) is 0 Å². The summed E-state index contributed by atoms with van der Waals surface area (Å²) in [6, 6.07) is 17.8. The number of rotatable bonds is 7. The average Bonchev–Trinajstić information content (AvgIpc) is 3.31. The van der Waals surface area contributed by atoms with E-state index in [1.165, 1.54) is 18.4 Å². The Kier molecular flexibility index (Phi) is 7.23. The predicted molar refractivity (Wildman–Crippen MR) is 122 cm³/mol. The molecule has 0 unspecified atom stereocenters. The number of amides is 2. The standard InChI is InChI=1S/C26H32N2O3/c29-25(14-13-20-7-2-1-3-8-20)28-17-15-21(16-18-28)26(30)27-22-9-6-12-24(19-22)31-23-10-4-5-11-23/h1-3,6-9,12,19,21,23H,4-5,10-11,13-18H2,(H,27,30). The van der Waals surface area contributed by atoms with E-state index in [0.717, 1.165) is 30.7 Å². The molecule has 2 aromatic rings. The van der Waals surface area contributed by atoms with Gasteiger partial charge in [0, 0.05) is 37.2 Å². The van der Waals surface area contributed by atoms with Gasteiger partial charge in [-0.3, -0.25) is 9.59 Å². The van der Waals surface area contributed by atoms with Crippen molar-refractivity contribution in [3.8, 4) is 5.75 Å². The Morgan fingerprint density at radius 1 is 0.935 bits per heavy atom. The van der Waals surface area contributed by atoms with E-state index in [4.69, 9.17) is 4.74 Å². The van der Waals surface area contributed by atoms with Crippen LogP contribution in [0.25, 0.3) is 0 Å². The van der Waals surface area contributed by atoms with Crippen LogP contribution in [-0.4, -0.2) is 35.9 Å². The van der Waals surface area contributed by atoms with E-state index in [1.807, 2.05) is 47.4 Å². The summed E-state index contributed by atoms with van der Waals surface area (Å²) in [5, 5.41) is 3.05. The van der Waals surface area contributed by atoms with Crippen LogP contribution < -0.4 is 10.1 Å². The minimum Gasteiger partial charge on any atom is -0.490 e. The quantitative estimate of drug-likeness (QED) is 0.699. The monoisotopic (exact) mass is 420 g/mol. The molecule has 0 aromatic heterocycles. The van der Waals surface area contributed by atoms with E-state index in [-0.39, 0.29) is 17.7 Å². The number of carbonyl (C=O) groups excluding carboxylic acids is 2. The van der Waals surface area contributed by atoms with Gasteiger partial charge < -0.3 is 15.0 Å². The normalized spacial score (nSPS) is 17.5. The zero-order valence-corrected chi connectivity index (χ0v) is 18.1. The number of aryl methyl sites for hydroxylation is 1. The predicted octanol–water partition coefficient (Wildman–Crippen LogP) is 4.82. The topological polar surface area (TPSA) is 58.6 Å². The first-order chi connectivity index (χ1) is 15.2. The van der Waals surface area contributed by atoms with Crippen molar-refractivity contribution in [2.24, 2.45) is 5.92 Å². The second-order valence-corrected chi connectivity index (χ2v) is 8.68. The highest BCUT2D eigenvalue weighted by Crippen LogP contribution is 2.26. The Balaban J connectivity index is 1.22. The van der Waals surface area contributed by atoms with Crippen LogP contribution in [0.2, 0.25) is 0 Å². The second-order valence-electron chi connectivity index (χ2n) is 8.68. The van der Waals surface area contributed by atoms with Crippen LogP contribution in [0.1, 0.15) is 50.5 Å². The van der Waals surface area contributed by atoms with Crippen LogP contribution in [0.5, 0.6) is 5.75 Å². The average molecular weight is 421 g/mol. The van der Waals surface area contributed by atoms with Crippen LogP contribution in [0.15, 0.2) is 54.6 Å². The van der Waals surface area contributed by atoms with Crippen molar-refractivity contribution in [2.45, 2.75) is 57.5 Å². The van der Waals surface area contributed by atoms with Gasteiger partial charge in [0.25, 0.3) is 0 Å². The molecule has 1 N–H and O–H groups in total. The fourth-order valence-electron chi connectivity index (χ4n) is 4.54. The van der Waals surface area contributed by atoms with E-state index in [9.17, 15) is 9.59 Å². The van der Waals surface area contributed by atoms with Crippen LogP contribution in [0.4, 0.5) is 5.69 Å². The first kappa shape index (κ1) is 21.4. The molecule has 4 rings (SSSR count). The number of anilines is 1. The minimum absolute atomic E-state index is 0.0365. The van der Waals surface area contributed by atoms with Crippen molar-refractivity contribution in [2.75, 3.05) is 18.4 Å². The lowest BCUT2D eigenvalue weighted by Crippen LogP contribution is -2.41. The second kappa shape index (κ2) is 10.5. The Morgan fingerprint density at radius 2 is 1.68 bits per heavy atom. The molecule has 1 saturated carbocycles. The fourth-order valence-corrected chi connectivity index (χ4v) is 4.54. The highest BCUT2D eigenvalue weighted by molar-refractivity contribution is 5.93. The van der Waals surface area contributed by atoms with Gasteiger partial charge >= 0.3 is 0 Å². The lowest BCUT2D eigenvalue weighted by Gasteiger charge is -2.31. The van der Waals surface area contributed by atoms with Gasteiger partial charge in [-0.2, -0.15) is 0 Å². The smallest absolute Gasteiger partial charge is 0.227 e. The lowest BCUT2D eigenvalue weighted by molar-refractivity contribution is -0.134. The number of likely N-dealkylation sites (tertiary alicyclic amines) is 1. The summed E-state index contributed by atoms with van der Waals surface area (Å²) < 4.78 is 6.04. The Labute approximate surface area is 184 Å². The third-order valence-electron chi connectivity index (χ3n) is 6.40. The van der Waals surface area contributed by atoms with Gasteiger partial charge in [-0.15, -0.1) is 0 Å². The highest BCUT2D eigenvalue weighted by atomic mass is 16.5. The number of hydrogen-bond donors (Lipinski definition) is 1. The molecule has 31 heavy (non-hydrogen) atoms. The fraction of sp³-hybridized carbons (Fsp3) is 0.462. The third-order valence-corrected chi connectivity index (χ3v) is 6.40. The Hall–Kier alpha value is -2.82. The molecule has 2 aliphatic rings. The lowest BCUT2D eigenvalue weighted by atomic mass is 9.95. The molecule has 2 fully saturated rings. The van der Waals surface area contributed by atoms with Crippen LogP contribution in [0, 0.1) is 5.92 Å². The van der Waals surface area contributed by atoms with Crippen molar-refractivity contribution >= 4 is 17.5 Å². The van der Waals surface area contributed by atoms with E-state index in [2.05, 4.69) is 17.4 Å². The maximum Gasteiger partial charge on any atom is 0.227 e. The van der Waals surface area contributed by atoms with Gasteiger partial charge in [-0.05, 0) is 62.6 Å². The molecule has 0 bridgehead atoms. The molecular formula is C26H32N2O3. The van der Waals surface area contributed by atoms with E-state index >= 15 is 0 Å². The van der Waals surface area contributed by atoms with Gasteiger partial charge in [-0.1, -0.05) is 36.4 Å². The number of ether oxygens (including phenoxy) is 1. The summed E-state index contributed by atoms with van der Waals surface area (Å²) in [4.78, 5) is 27.2. The van der Waals surface area contributed by atoms with Crippen molar-refractivity contribution in [1.29, 1.82) is 0 Å². The summed E-state index contributed by atoms with van der Waals surface area (Å²) in [6.07, 6.45) is 7.69. The molecule has 2 aromatic carbocycles. The molecule has 5 heteroatoms. The molecule has 1 saturated heterocycles. The molecular weight excluding hydrogens is 388 g/mol. The zero-order chi connectivity index (χ0) is 21.5. The van der Waals surface area contributed by atoms with E-state index in [0.29, 0.717) is 38.5 Å². The van der Waals surface area contributed by atoms with Gasteiger partial charge in [0.2, 0.25) is 11.8 Å². The molecule has 0 spiro atoms. The summed E-state index contributed by atoms with van der Waals surface area (Å²) in [7, 11) is 0. The van der Waals surface area contributed by atoms with Gasteiger partial charge in [0.15, 0.2) is 0 Å². The summed E-state index contributed by atoms with van der Waals surface area (Å²) >= 11 is 0. The van der Waals surface area contributed by atoms with Gasteiger partial charge in [0.05, 0.1) is 6.10 Å². The molecule has 0 radical (unpaired) electrons. The molecule has 0 atom stereocenters. The number of nitrogens with one attached hydrogen (secondary N) is 1. The van der Waals surface area contributed by atoms with Crippen molar-refractivity contribution in [3.05, 3.63) is 60.2 Å².